The Morgan fingerprint density at radius 3 is 1.53 bits per heavy atom. The molecule has 0 rings (SSSR count). The number of nitroso groups, excluding NO2 is 1. The van der Waals surface area contributed by atoms with E-state index in [0.29, 0.717) is 13.1 Å². The summed E-state index contributed by atoms with van der Waals surface area (Å²) in [5.41, 5.74) is 8.35. The van der Waals surface area contributed by atoms with Crippen LogP contribution in [0.1, 0.15) is 174 Å². The van der Waals surface area contributed by atoms with Gasteiger partial charge in [0.2, 0.25) is 0 Å². The minimum atomic E-state index is -3.01. The van der Waals surface area contributed by atoms with E-state index in [1.54, 1.807) is 14.2 Å². The molecule has 0 aromatic carbocycles. The average Bonchev–Trinajstić information content (AvgIpc) is 3.08. The van der Waals surface area contributed by atoms with Crippen molar-refractivity contribution in [2.45, 2.75) is 192 Å². The topological polar surface area (TPSA) is 135 Å². The highest BCUT2D eigenvalue weighted by molar-refractivity contribution is 6.74. The van der Waals surface area contributed by atoms with E-state index in [2.05, 4.69) is 22.1 Å². The molecule has 0 bridgehead atoms. The van der Waals surface area contributed by atoms with E-state index >= 15 is 0 Å². The quantitative estimate of drug-likeness (QED) is 0.0168. The van der Waals surface area contributed by atoms with Crippen molar-refractivity contribution >= 4 is 27.4 Å². The van der Waals surface area contributed by atoms with Gasteiger partial charge < -0.3 is 21.9 Å². The molecule has 0 aliphatic carbocycles. The van der Waals surface area contributed by atoms with Crippen molar-refractivity contribution in [3.05, 3.63) is 15.3 Å². The van der Waals surface area contributed by atoms with Crippen LogP contribution < -0.4 is 0 Å². The van der Waals surface area contributed by atoms with Crippen LogP contribution in [-0.2, 0) is 17.1 Å². The summed E-state index contributed by atoms with van der Waals surface area (Å²) in [5.74, 6) is 0. The molecule has 47 heavy (non-hydrogen) atoms. The summed E-state index contributed by atoms with van der Waals surface area (Å²) >= 11 is 0. The highest BCUT2D eigenvalue weighted by atomic mass is 28.5. The van der Waals surface area contributed by atoms with Crippen LogP contribution >= 0.6 is 0 Å². The van der Waals surface area contributed by atoms with Crippen LogP contribution in [-0.4, -0.2) is 59.5 Å². The van der Waals surface area contributed by atoms with Gasteiger partial charge in [-0.3, -0.25) is 0 Å². The van der Waals surface area contributed by atoms with Crippen LogP contribution in [0.2, 0.25) is 18.1 Å². The molecule has 0 heterocycles. The van der Waals surface area contributed by atoms with Gasteiger partial charge in [-0.05, 0) is 36.9 Å². The standard InChI is InChI=1S/C34H74N4O6Si3/c1-4-5-6-7-8-14-19-24-29-34-47(42-3,43-45(40)32-27-22-17-13-11-16-21-26-31-37-39)44-46(41-2)33-28-23-18-12-9-10-15-20-25-30-36-38-35/h40,45-46H,4-34H2,1-3H3. The van der Waals surface area contributed by atoms with Gasteiger partial charge in [0.1, 0.15) is 0 Å². The van der Waals surface area contributed by atoms with Crippen molar-refractivity contribution in [1.29, 1.82) is 0 Å². The summed E-state index contributed by atoms with van der Waals surface area (Å²) in [6.07, 6.45) is 30.8. The van der Waals surface area contributed by atoms with Gasteiger partial charge in [-0.15, -0.1) is 0 Å². The SMILES string of the molecule is CCCCCCCCCCC[Si](OC)(O[SiH](O)CCCCCCCCCCN=O)O[SiH](CCCCCCCCCCCN=[N+]=[N-])OC. The Bertz CT molecular complexity index is 727. The molecule has 278 valence electrons. The second-order valence-corrected chi connectivity index (χ2v) is 20.8. The summed E-state index contributed by atoms with van der Waals surface area (Å²) in [7, 11) is -3.93. The van der Waals surface area contributed by atoms with E-state index in [9.17, 15) is 9.70 Å². The number of unbranched alkanes of at least 4 members (excludes halogenated alkanes) is 23. The van der Waals surface area contributed by atoms with Crippen LogP contribution in [0.5, 0.6) is 0 Å². The predicted molar refractivity (Wildman–Crippen MR) is 203 cm³/mol. The van der Waals surface area contributed by atoms with Gasteiger partial charge in [0.05, 0.1) is 6.54 Å². The monoisotopic (exact) mass is 718 g/mol. The van der Waals surface area contributed by atoms with Crippen molar-refractivity contribution in [3.63, 3.8) is 0 Å². The summed E-state index contributed by atoms with van der Waals surface area (Å²) < 4.78 is 25.2. The lowest BCUT2D eigenvalue weighted by atomic mass is 10.1. The van der Waals surface area contributed by atoms with Crippen LogP contribution in [0, 0.1) is 4.91 Å². The van der Waals surface area contributed by atoms with E-state index in [1.807, 2.05) is 0 Å². The zero-order valence-corrected chi connectivity index (χ0v) is 34.2. The Morgan fingerprint density at radius 1 is 0.617 bits per heavy atom. The van der Waals surface area contributed by atoms with Gasteiger partial charge in [0, 0.05) is 31.7 Å². The van der Waals surface area contributed by atoms with Crippen LogP contribution in [0.25, 0.3) is 10.4 Å². The molecule has 3 unspecified atom stereocenters. The predicted octanol–water partition coefficient (Wildman–Crippen LogP) is 10.9. The van der Waals surface area contributed by atoms with E-state index in [4.69, 9.17) is 22.6 Å². The minimum absolute atomic E-state index is 0.440. The second-order valence-electron chi connectivity index (χ2n) is 13.2. The number of hydrogen-bond donors (Lipinski definition) is 1. The van der Waals surface area contributed by atoms with Crippen molar-refractivity contribution < 1.29 is 21.9 Å². The smallest absolute Gasteiger partial charge is 0.413 e. The summed E-state index contributed by atoms with van der Waals surface area (Å²) in [6.45, 7) is 3.32. The molecular formula is C34H74N4O6Si3. The van der Waals surface area contributed by atoms with Crippen LogP contribution in [0.3, 0.4) is 0 Å². The van der Waals surface area contributed by atoms with Gasteiger partial charge in [-0.25, -0.2) is 0 Å². The fourth-order valence-electron chi connectivity index (χ4n) is 6.02. The van der Waals surface area contributed by atoms with E-state index in [0.717, 1.165) is 75.9 Å². The Labute approximate surface area is 293 Å². The maximum absolute atomic E-state index is 11.1. The second kappa shape index (κ2) is 36.6. The van der Waals surface area contributed by atoms with Gasteiger partial charge >= 0.3 is 27.4 Å². The summed E-state index contributed by atoms with van der Waals surface area (Å²) in [5, 5.41) is 6.53. The van der Waals surface area contributed by atoms with Crippen LogP contribution in [0.4, 0.5) is 0 Å². The number of hydrogen-bond acceptors (Lipinski definition) is 8. The molecule has 0 amide bonds. The summed E-state index contributed by atoms with van der Waals surface area (Å²) in [6, 6.07) is 2.44. The van der Waals surface area contributed by atoms with E-state index in [1.165, 1.54) is 109 Å². The van der Waals surface area contributed by atoms with Crippen molar-refractivity contribution in [2.24, 2.45) is 10.3 Å². The molecule has 0 saturated carbocycles. The first kappa shape index (κ1) is 46.4. The molecule has 10 nitrogen and oxygen atoms in total. The molecule has 0 saturated heterocycles. The Morgan fingerprint density at radius 2 is 1.06 bits per heavy atom. The molecule has 0 spiro atoms. The lowest BCUT2D eigenvalue weighted by molar-refractivity contribution is 0.167. The zero-order valence-electron chi connectivity index (χ0n) is 30.9. The highest BCUT2D eigenvalue weighted by Gasteiger charge is 2.44. The lowest BCUT2D eigenvalue weighted by Gasteiger charge is -2.33. The van der Waals surface area contributed by atoms with Crippen molar-refractivity contribution in [2.75, 3.05) is 27.3 Å². The molecular weight excluding hydrogens is 645 g/mol. The Balaban J connectivity index is 4.63. The lowest BCUT2D eigenvalue weighted by Crippen LogP contribution is -2.52. The number of azide groups is 1. The molecule has 13 heteroatoms. The third-order valence-corrected chi connectivity index (χ3v) is 17.9. The fourth-order valence-corrected chi connectivity index (χ4v) is 15.4. The molecule has 1 N–H and O–H groups in total. The van der Waals surface area contributed by atoms with Gasteiger partial charge in [-0.1, -0.05) is 165 Å². The maximum Gasteiger partial charge on any atom is 0.482 e. The first-order chi connectivity index (χ1) is 23.1. The van der Waals surface area contributed by atoms with Crippen molar-refractivity contribution in [1.82, 2.24) is 0 Å². The number of rotatable bonds is 39. The average molecular weight is 719 g/mol. The molecule has 3 atom stereocenters. The third-order valence-electron chi connectivity index (χ3n) is 9.00. The molecule has 0 aliphatic rings. The Kier molecular flexibility index (Phi) is 36.1. The fraction of sp³-hybridized carbons (Fsp3) is 1.00. The van der Waals surface area contributed by atoms with Gasteiger partial charge in [0.25, 0.3) is 0 Å². The maximum atomic E-state index is 11.1. The number of nitrogens with zero attached hydrogens (tertiary/aromatic N) is 4. The van der Waals surface area contributed by atoms with E-state index in [-0.39, 0.29) is 0 Å². The minimum Gasteiger partial charge on any atom is -0.413 e. The highest BCUT2D eigenvalue weighted by Crippen LogP contribution is 2.25. The van der Waals surface area contributed by atoms with Gasteiger partial charge in [0.15, 0.2) is 0 Å². The molecule has 0 fully saturated rings. The normalized spacial score (nSPS) is 14.0. The molecule has 0 radical (unpaired) electrons. The first-order valence-corrected chi connectivity index (χ1v) is 25.0. The van der Waals surface area contributed by atoms with Crippen molar-refractivity contribution in [3.8, 4) is 0 Å². The largest absolute Gasteiger partial charge is 0.482 e. The summed E-state index contributed by atoms with van der Waals surface area (Å²) in [4.78, 5) is 24.1. The zero-order chi connectivity index (χ0) is 34.5. The third kappa shape index (κ3) is 31.1. The first-order valence-electron chi connectivity index (χ1n) is 19.5. The molecule has 0 aromatic rings. The Hall–Kier alpha value is -0.639. The molecule has 0 aliphatic heterocycles. The van der Waals surface area contributed by atoms with Gasteiger partial charge in [-0.2, -0.15) is 4.91 Å². The molecule has 0 aromatic heterocycles. The van der Waals surface area contributed by atoms with E-state index < -0.39 is 27.4 Å². The van der Waals surface area contributed by atoms with Crippen LogP contribution in [0.15, 0.2) is 10.3 Å².